The number of hydrogen-bond donors (Lipinski definition) is 1. The minimum absolute atomic E-state index is 0.296. The van der Waals surface area contributed by atoms with Crippen molar-refractivity contribution < 1.29 is 9.53 Å². The summed E-state index contributed by atoms with van der Waals surface area (Å²) in [6, 6.07) is -0.296. The van der Waals surface area contributed by atoms with Crippen molar-refractivity contribution >= 4 is 6.29 Å². The normalized spacial score (nSPS) is 10.3. The molecule has 0 heterocycles. The second kappa shape index (κ2) is 16.9. The highest BCUT2D eigenvalue weighted by atomic mass is 16.5. The van der Waals surface area contributed by atoms with Crippen molar-refractivity contribution in [2.45, 2.75) is 46.8 Å². The van der Waals surface area contributed by atoms with Gasteiger partial charge in [0.2, 0.25) is 0 Å². The molecule has 1 unspecified atom stereocenters. The van der Waals surface area contributed by atoms with Gasteiger partial charge in [-0.05, 0) is 20.8 Å². The molecule has 0 radical (unpaired) electrons. The van der Waals surface area contributed by atoms with Gasteiger partial charge in [-0.3, -0.25) is 0 Å². The number of aldehydes is 1. The summed E-state index contributed by atoms with van der Waals surface area (Å²) in [7, 11) is 1.70. The number of nitrogens with two attached hydrogens (primary N) is 1. The van der Waals surface area contributed by atoms with Crippen LogP contribution in [0.15, 0.2) is 0 Å². The molecule has 0 fully saturated rings. The van der Waals surface area contributed by atoms with E-state index in [-0.39, 0.29) is 6.04 Å². The lowest BCUT2D eigenvalue weighted by atomic mass is 10.4. The third kappa shape index (κ3) is 54.9. The highest BCUT2D eigenvalue weighted by molar-refractivity contribution is 5.55. The van der Waals surface area contributed by atoms with Crippen molar-refractivity contribution in [3.8, 4) is 0 Å². The molecule has 76 valence electrons. The maximum atomic E-state index is 9.38. The molecule has 0 saturated heterocycles. The van der Waals surface area contributed by atoms with E-state index in [4.69, 9.17) is 10.5 Å². The van der Waals surface area contributed by atoms with Crippen LogP contribution in [0.3, 0.4) is 0 Å². The number of carbonyl (C=O) groups is 1. The van der Waals surface area contributed by atoms with Crippen LogP contribution < -0.4 is 5.73 Å². The molecule has 12 heavy (non-hydrogen) atoms. The molecule has 2 N–H and O–H groups in total. The third-order valence-electron chi connectivity index (χ3n) is 0.686. The molecular formula is C9H23NO2. The molecule has 3 nitrogen and oxygen atoms in total. The van der Waals surface area contributed by atoms with Gasteiger partial charge in [0.15, 0.2) is 0 Å². The van der Waals surface area contributed by atoms with E-state index in [0.717, 1.165) is 0 Å². The van der Waals surface area contributed by atoms with Crippen LogP contribution in [0.1, 0.15) is 34.6 Å². The number of ether oxygens (including phenoxy) is 1. The van der Waals surface area contributed by atoms with Crippen LogP contribution in [0, 0.1) is 0 Å². The first-order valence-corrected chi connectivity index (χ1v) is 4.28. The molecular weight excluding hydrogens is 154 g/mol. The summed E-state index contributed by atoms with van der Waals surface area (Å²) < 4.78 is 4.75. The van der Waals surface area contributed by atoms with Crippen molar-refractivity contribution in [1.29, 1.82) is 0 Å². The SMILES string of the molecule is CC.CC(N)C=O.COC(C)C. The minimum atomic E-state index is -0.296. The summed E-state index contributed by atoms with van der Waals surface area (Å²) in [4.78, 5) is 9.38. The fourth-order valence-electron chi connectivity index (χ4n) is 0. The Hall–Kier alpha value is -0.410. The summed E-state index contributed by atoms with van der Waals surface area (Å²) in [5.74, 6) is 0. The van der Waals surface area contributed by atoms with Gasteiger partial charge in [-0.15, -0.1) is 0 Å². The van der Waals surface area contributed by atoms with Crippen LogP contribution in [0.25, 0.3) is 0 Å². The van der Waals surface area contributed by atoms with Crippen molar-refractivity contribution in [2.75, 3.05) is 7.11 Å². The standard InChI is InChI=1S/C4H10O.C3H7NO.C2H6/c1-4(2)5-3;1-3(4)2-5;1-2/h4H,1-3H3;2-3H,4H2,1H3;1-2H3. The summed E-state index contributed by atoms with van der Waals surface area (Å²) in [5, 5.41) is 0. The Balaban J connectivity index is -0.000000112. The zero-order valence-electron chi connectivity index (χ0n) is 9.13. The topological polar surface area (TPSA) is 52.3 Å². The molecule has 0 aromatic rings. The first kappa shape index (κ1) is 17.6. The molecule has 0 aliphatic heterocycles. The zero-order chi connectivity index (χ0) is 10.6. The highest BCUT2D eigenvalue weighted by Crippen LogP contribution is 1.77. The van der Waals surface area contributed by atoms with Crippen LogP contribution in [-0.2, 0) is 9.53 Å². The van der Waals surface area contributed by atoms with Gasteiger partial charge >= 0.3 is 0 Å². The molecule has 0 bridgehead atoms. The molecule has 0 spiro atoms. The second-order valence-electron chi connectivity index (χ2n) is 2.28. The van der Waals surface area contributed by atoms with E-state index in [1.165, 1.54) is 0 Å². The van der Waals surface area contributed by atoms with E-state index >= 15 is 0 Å². The monoisotopic (exact) mass is 177 g/mol. The predicted molar refractivity (Wildman–Crippen MR) is 53.2 cm³/mol. The fourth-order valence-corrected chi connectivity index (χ4v) is 0. The van der Waals surface area contributed by atoms with Gasteiger partial charge in [0.25, 0.3) is 0 Å². The first-order chi connectivity index (χ1) is 5.54. The van der Waals surface area contributed by atoms with E-state index < -0.39 is 0 Å². The molecule has 0 saturated carbocycles. The van der Waals surface area contributed by atoms with Crippen molar-refractivity contribution in [2.24, 2.45) is 5.73 Å². The quantitative estimate of drug-likeness (QED) is 0.652. The van der Waals surface area contributed by atoms with Crippen LogP contribution in [0.4, 0.5) is 0 Å². The summed E-state index contributed by atoms with van der Waals surface area (Å²) >= 11 is 0. The molecule has 0 rings (SSSR count). The Morgan fingerprint density at radius 3 is 1.42 bits per heavy atom. The van der Waals surface area contributed by atoms with Gasteiger partial charge < -0.3 is 15.3 Å². The third-order valence-corrected chi connectivity index (χ3v) is 0.686. The largest absolute Gasteiger partial charge is 0.382 e. The maximum Gasteiger partial charge on any atom is 0.136 e. The van der Waals surface area contributed by atoms with E-state index in [1.807, 2.05) is 27.7 Å². The summed E-state index contributed by atoms with van der Waals surface area (Å²) in [6.07, 6.45) is 1.08. The lowest BCUT2D eigenvalue weighted by molar-refractivity contribution is -0.108. The van der Waals surface area contributed by atoms with Gasteiger partial charge in [0.1, 0.15) is 6.29 Å². The fraction of sp³-hybridized carbons (Fsp3) is 0.889. The van der Waals surface area contributed by atoms with Crippen molar-refractivity contribution in [3.05, 3.63) is 0 Å². The van der Waals surface area contributed by atoms with E-state index in [0.29, 0.717) is 12.4 Å². The van der Waals surface area contributed by atoms with Crippen LogP contribution in [0.5, 0.6) is 0 Å². The Labute approximate surface area is 76.3 Å². The molecule has 1 atom stereocenters. The Morgan fingerprint density at radius 2 is 1.42 bits per heavy atom. The Bertz CT molecular complexity index is 72.9. The lowest BCUT2D eigenvalue weighted by Crippen LogP contribution is -2.15. The van der Waals surface area contributed by atoms with Gasteiger partial charge in [-0.2, -0.15) is 0 Å². The van der Waals surface area contributed by atoms with Gasteiger partial charge in [0.05, 0.1) is 12.1 Å². The molecule has 0 aromatic carbocycles. The maximum absolute atomic E-state index is 9.38. The zero-order valence-corrected chi connectivity index (χ0v) is 9.13. The Morgan fingerprint density at radius 1 is 1.25 bits per heavy atom. The van der Waals surface area contributed by atoms with E-state index in [2.05, 4.69) is 0 Å². The average molecular weight is 177 g/mol. The summed E-state index contributed by atoms with van der Waals surface area (Å²) in [6.45, 7) is 9.63. The first-order valence-electron chi connectivity index (χ1n) is 4.28. The molecule has 0 aliphatic carbocycles. The van der Waals surface area contributed by atoms with Crippen LogP contribution in [-0.4, -0.2) is 25.5 Å². The van der Waals surface area contributed by atoms with E-state index in [1.54, 1.807) is 14.0 Å². The Kier molecular flexibility index (Phi) is 24.8. The van der Waals surface area contributed by atoms with Crippen LogP contribution >= 0.6 is 0 Å². The smallest absolute Gasteiger partial charge is 0.136 e. The second-order valence-corrected chi connectivity index (χ2v) is 2.28. The summed E-state index contributed by atoms with van der Waals surface area (Å²) in [5.41, 5.74) is 4.92. The molecule has 3 heteroatoms. The number of methoxy groups -OCH3 is 1. The average Bonchev–Trinajstić information content (AvgIpc) is 2.09. The lowest BCUT2D eigenvalue weighted by Gasteiger charge is -1.94. The van der Waals surface area contributed by atoms with Gasteiger partial charge in [-0.25, -0.2) is 0 Å². The highest BCUT2D eigenvalue weighted by Gasteiger charge is 1.79. The number of rotatable bonds is 2. The number of hydrogen-bond acceptors (Lipinski definition) is 3. The molecule has 0 amide bonds. The van der Waals surface area contributed by atoms with E-state index in [9.17, 15) is 4.79 Å². The molecule has 0 aliphatic rings. The van der Waals surface area contributed by atoms with Crippen molar-refractivity contribution in [1.82, 2.24) is 0 Å². The molecule has 0 aromatic heterocycles. The predicted octanol–water partition coefficient (Wildman–Crippen LogP) is 1.60. The van der Waals surface area contributed by atoms with Gasteiger partial charge in [0, 0.05) is 7.11 Å². The van der Waals surface area contributed by atoms with Gasteiger partial charge in [-0.1, -0.05) is 13.8 Å². The minimum Gasteiger partial charge on any atom is -0.382 e. The van der Waals surface area contributed by atoms with Crippen molar-refractivity contribution in [3.63, 3.8) is 0 Å². The number of carbonyl (C=O) groups excluding carboxylic acids is 1. The van der Waals surface area contributed by atoms with Crippen LogP contribution in [0.2, 0.25) is 0 Å².